The Morgan fingerprint density at radius 3 is 2.58 bits per heavy atom. The van der Waals surface area contributed by atoms with Crippen molar-refractivity contribution in [1.82, 2.24) is 15.1 Å². The van der Waals surface area contributed by atoms with Crippen LogP contribution in [-0.4, -0.2) is 53.3 Å². The Balaban J connectivity index is 1.98. The highest BCUT2D eigenvalue weighted by molar-refractivity contribution is 6.02. The zero-order valence-corrected chi connectivity index (χ0v) is 11.5. The molecule has 0 saturated carbocycles. The topological polar surface area (TPSA) is 69.7 Å². The van der Waals surface area contributed by atoms with Gasteiger partial charge in [-0.15, -0.1) is 0 Å². The van der Waals surface area contributed by atoms with Crippen molar-refractivity contribution >= 4 is 17.8 Å². The van der Waals surface area contributed by atoms with E-state index >= 15 is 0 Å². The zero-order chi connectivity index (χ0) is 14.0. The number of nitrogens with zero attached hydrogens (tertiary/aromatic N) is 2. The van der Waals surface area contributed by atoms with Gasteiger partial charge >= 0.3 is 6.03 Å². The Kier molecular flexibility index (Phi) is 4.07. The van der Waals surface area contributed by atoms with Gasteiger partial charge in [0.05, 0.1) is 12.6 Å². The van der Waals surface area contributed by atoms with E-state index in [9.17, 15) is 14.4 Å². The number of hydrogen-bond donors (Lipinski definition) is 1. The molecule has 6 nitrogen and oxygen atoms in total. The van der Waals surface area contributed by atoms with Gasteiger partial charge in [-0.2, -0.15) is 0 Å². The maximum Gasteiger partial charge on any atom is 0.324 e. The van der Waals surface area contributed by atoms with Crippen molar-refractivity contribution in [2.45, 2.75) is 39.2 Å². The summed E-state index contributed by atoms with van der Waals surface area (Å²) in [6, 6.07) is -0.486. The van der Waals surface area contributed by atoms with Crippen molar-refractivity contribution in [3.05, 3.63) is 0 Å². The normalized spacial score (nSPS) is 23.4. The van der Waals surface area contributed by atoms with E-state index in [0.717, 1.165) is 12.8 Å². The van der Waals surface area contributed by atoms with Crippen molar-refractivity contribution in [3.63, 3.8) is 0 Å². The molecule has 1 N–H and O–H groups in total. The molecular formula is C13H21N3O3. The monoisotopic (exact) mass is 267 g/mol. The third-order valence-corrected chi connectivity index (χ3v) is 4.05. The Labute approximate surface area is 113 Å². The minimum absolute atomic E-state index is 0.0573. The summed E-state index contributed by atoms with van der Waals surface area (Å²) >= 11 is 0. The molecule has 2 heterocycles. The number of urea groups is 1. The van der Waals surface area contributed by atoms with E-state index in [1.54, 1.807) is 4.90 Å². The molecule has 2 rings (SSSR count). The summed E-state index contributed by atoms with van der Waals surface area (Å²) < 4.78 is 0. The number of imide groups is 1. The highest BCUT2D eigenvalue weighted by Gasteiger charge is 2.40. The fourth-order valence-corrected chi connectivity index (χ4v) is 2.85. The SMILES string of the molecule is CCC(CC)C(=O)N1CCC(N2C(=O)CNC2=O)C1. The minimum atomic E-state index is -0.327. The van der Waals surface area contributed by atoms with E-state index in [-0.39, 0.29) is 36.3 Å². The van der Waals surface area contributed by atoms with Crippen LogP contribution in [0.15, 0.2) is 0 Å². The highest BCUT2D eigenvalue weighted by Crippen LogP contribution is 2.21. The fraction of sp³-hybridized carbons (Fsp3) is 0.769. The van der Waals surface area contributed by atoms with Crippen LogP contribution in [-0.2, 0) is 9.59 Å². The van der Waals surface area contributed by atoms with E-state index < -0.39 is 0 Å². The third kappa shape index (κ3) is 2.57. The molecule has 0 aromatic carbocycles. The number of nitrogens with one attached hydrogen (secondary N) is 1. The molecule has 0 radical (unpaired) electrons. The molecule has 0 spiro atoms. The lowest BCUT2D eigenvalue weighted by Gasteiger charge is -2.24. The molecule has 2 aliphatic heterocycles. The molecule has 19 heavy (non-hydrogen) atoms. The number of likely N-dealkylation sites (tertiary alicyclic amines) is 1. The summed E-state index contributed by atoms with van der Waals surface area (Å²) in [5.74, 6) is 0.0215. The van der Waals surface area contributed by atoms with Crippen LogP contribution in [0.1, 0.15) is 33.1 Å². The van der Waals surface area contributed by atoms with Crippen molar-refractivity contribution in [3.8, 4) is 0 Å². The number of carbonyl (C=O) groups excluding carboxylic acids is 3. The van der Waals surface area contributed by atoms with E-state index in [1.165, 1.54) is 4.90 Å². The molecule has 1 unspecified atom stereocenters. The number of hydrogen-bond acceptors (Lipinski definition) is 3. The van der Waals surface area contributed by atoms with Crippen LogP contribution in [0, 0.1) is 5.92 Å². The first-order chi connectivity index (χ1) is 9.08. The quantitative estimate of drug-likeness (QED) is 0.757. The van der Waals surface area contributed by atoms with Gasteiger partial charge < -0.3 is 10.2 Å². The Morgan fingerprint density at radius 1 is 1.37 bits per heavy atom. The molecule has 0 bridgehead atoms. The molecule has 2 fully saturated rings. The summed E-state index contributed by atoms with van der Waals surface area (Å²) in [4.78, 5) is 38.5. The van der Waals surface area contributed by atoms with Gasteiger partial charge in [0.25, 0.3) is 0 Å². The summed E-state index contributed by atoms with van der Waals surface area (Å²) in [5.41, 5.74) is 0. The average molecular weight is 267 g/mol. The van der Waals surface area contributed by atoms with Gasteiger partial charge in [-0.05, 0) is 19.3 Å². The molecule has 0 aliphatic carbocycles. The van der Waals surface area contributed by atoms with E-state index in [2.05, 4.69) is 5.32 Å². The highest BCUT2D eigenvalue weighted by atomic mass is 16.2. The van der Waals surface area contributed by atoms with Gasteiger partial charge in [0.15, 0.2) is 0 Å². The first-order valence-corrected chi connectivity index (χ1v) is 6.97. The Bertz CT molecular complexity index is 377. The average Bonchev–Trinajstić information content (AvgIpc) is 2.98. The maximum atomic E-state index is 12.3. The number of amides is 4. The maximum absolute atomic E-state index is 12.3. The lowest BCUT2D eigenvalue weighted by atomic mass is 10.0. The fourth-order valence-electron chi connectivity index (χ4n) is 2.85. The van der Waals surface area contributed by atoms with Crippen LogP contribution in [0.25, 0.3) is 0 Å². The van der Waals surface area contributed by atoms with Crippen molar-refractivity contribution in [1.29, 1.82) is 0 Å². The van der Waals surface area contributed by atoms with E-state index in [4.69, 9.17) is 0 Å². The van der Waals surface area contributed by atoms with Gasteiger partial charge in [0.2, 0.25) is 11.8 Å². The van der Waals surface area contributed by atoms with Gasteiger partial charge in [0, 0.05) is 19.0 Å². The first kappa shape index (κ1) is 13.8. The number of carbonyl (C=O) groups is 3. The molecule has 2 saturated heterocycles. The van der Waals surface area contributed by atoms with Gasteiger partial charge in [-0.25, -0.2) is 4.79 Å². The van der Waals surface area contributed by atoms with Crippen LogP contribution in [0.4, 0.5) is 4.79 Å². The Hall–Kier alpha value is -1.59. The minimum Gasteiger partial charge on any atom is -0.340 e. The molecule has 4 amide bonds. The second kappa shape index (κ2) is 5.59. The second-order valence-corrected chi connectivity index (χ2v) is 5.16. The lowest BCUT2D eigenvalue weighted by molar-refractivity contribution is -0.135. The van der Waals surface area contributed by atoms with Gasteiger partial charge in [-0.3, -0.25) is 14.5 Å². The summed E-state index contributed by atoms with van der Waals surface area (Å²) in [6.45, 7) is 5.22. The standard InChI is InChI=1S/C13H21N3O3/c1-3-9(4-2)12(18)15-6-5-10(8-15)16-11(17)7-14-13(16)19/h9-10H,3-8H2,1-2H3,(H,14,19). The van der Waals surface area contributed by atoms with Gasteiger partial charge in [-0.1, -0.05) is 13.8 Å². The Morgan fingerprint density at radius 2 is 2.05 bits per heavy atom. The van der Waals surface area contributed by atoms with Crippen LogP contribution >= 0.6 is 0 Å². The van der Waals surface area contributed by atoms with Gasteiger partial charge in [0.1, 0.15) is 0 Å². The van der Waals surface area contributed by atoms with Crippen LogP contribution < -0.4 is 5.32 Å². The predicted molar refractivity (Wildman–Crippen MR) is 69.3 cm³/mol. The largest absolute Gasteiger partial charge is 0.340 e. The first-order valence-electron chi connectivity index (χ1n) is 6.97. The van der Waals surface area contributed by atoms with E-state index in [1.807, 2.05) is 13.8 Å². The molecule has 0 aromatic heterocycles. The second-order valence-electron chi connectivity index (χ2n) is 5.16. The summed E-state index contributed by atoms with van der Waals surface area (Å²) in [5, 5.41) is 2.52. The summed E-state index contributed by atoms with van der Waals surface area (Å²) in [7, 11) is 0. The number of rotatable bonds is 4. The smallest absolute Gasteiger partial charge is 0.324 e. The van der Waals surface area contributed by atoms with Crippen LogP contribution in [0.2, 0.25) is 0 Å². The third-order valence-electron chi connectivity index (χ3n) is 4.05. The van der Waals surface area contributed by atoms with Crippen LogP contribution in [0.3, 0.4) is 0 Å². The molecule has 0 aromatic rings. The molecule has 6 heteroatoms. The van der Waals surface area contributed by atoms with Crippen molar-refractivity contribution in [2.75, 3.05) is 19.6 Å². The summed E-state index contributed by atoms with van der Waals surface area (Å²) in [6.07, 6.45) is 2.35. The molecule has 2 aliphatic rings. The predicted octanol–water partition coefficient (Wildman–Crippen LogP) is 0.575. The zero-order valence-electron chi connectivity index (χ0n) is 11.5. The molecule has 1 atom stereocenters. The van der Waals surface area contributed by atoms with Crippen LogP contribution in [0.5, 0.6) is 0 Å². The molecule has 106 valence electrons. The van der Waals surface area contributed by atoms with Crippen molar-refractivity contribution in [2.24, 2.45) is 5.92 Å². The van der Waals surface area contributed by atoms with E-state index in [0.29, 0.717) is 19.5 Å². The molecular weight excluding hydrogens is 246 g/mol. The van der Waals surface area contributed by atoms with Crippen molar-refractivity contribution < 1.29 is 14.4 Å². The lowest BCUT2D eigenvalue weighted by Crippen LogP contribution is -2.43.